The van der Waals surface area contributed by atoms with Gasteiger partial charge in [-0.25, -0.2) is 4.79 Å². The molecular formula is C13H17NO3. The van der Waals surface area contributed by atoms with Crippen molar-refractivity contribution in [3.63, 3.8) is 0 Å². The molecule has 17 heavy (non-hydrogen) atoms. The lowest BCUT2D eigenvalue weighted by atomic mass is 10.3. The van der Waals surface area contributed by atoms with E-state index in [9.17, 15) is 9.59 Å². The maximum absolute atomic E-state index is 11.3. The van der Waals surface area contributed by atoms with Gasteiger partial charge in [-0.15, -0.1) is 0 Å². The molecule has 0 atom stereocenters. The van der Waals surface area contributed by atoms with E-state index in [-0.39, 0.29) is 6.61 Å². The van der Waals surface area contributed by atoms with Gasteiger partial charge >= 0.3 is 6.09 Å². The molecule has 1 N–H and O–H groups in total. The Kier molecular flexibility index (Phi) is 4.69. The molecule has 0 unspecified atom stereocenters. The van der Waals surface area contributed by atoms with E-state index < -0.39 is 11.6 Å². The van der Waals surface area contributed by atoms with Gasteiger partial charge in [-0.1, -0.05) is 30.9 Å². The Morgan fingerprint density at radius 3 is 2.71 bits per heavy atom. The van der Waals surface area contributed by atoms with Crippen molar-refractivity contribution in [3.05, 3.63) is 36.5 Å². The average Bonchev–Trinajstić information content (AvgIpc) is 3.07. The zero-order valence-corrected chi connectivity index (χ0v) is 9.94. The number of nitrogens with one attached hydrogen (secondary N) is 1. The van der Waals surface area contributed by atoms with Gasteiger partial charge in [-0.2, -0.15) is 0 Å². The second-order valence-corrected chi connectivity index (χ2v) is 4.02. The smallest absolute Gasteiger partial charge is 0.408 e. The second-order valence-electron chi connectivity index (χ2n) is 4.02. The highest BCUT2D eigenvalue weighted by molar-refractivity contribution is 5.79. The van der Waals surface area contributed by atoms with E-state index >= 15 is 0 Å². The molecule has 1 saturated carbocycles. The highest BCUT2D eigenvalue weighted by Crippen LogP contribution is 2.32. The van der Waals surface area contributed by atoms with E-state index in [1.807, 2.05) is 25.2 Å². The topological polar surface area (TPSA) is 55.4 Å². The molecule has 1 fully saturated rings. The van der Waals surface area contributed by atoms with Crippen LogP contribution in [0.1, 0.15) is 19.8 Å². The molecule has 4 heteroatoms. The van der Waals surface area contributed by atoms with Gasteiger partial charge in [-0.05, 0) is 25.3 Å². The summed E-state index contributed by atoms with van der Waals surface area (Å²) in [7, 11) is 0. The van der Waals surface area contributed by atoms with Crippen LogP contribution in [-0.2, 0) is 9.53 Å². The van der Waals surface area contributed by atoms with Crippen molar-refractivity contribution < 1.29 is 14.3 Å². The van der Waals surface area contributed by atoms with Crippen molar-refractivity contribution >= 4 is 12.4 Å². The molecule has 1 aliphatic rings. The van der Waals surface area contributed by atoms with Gasteiger partial charge in [0.1, 0.15) is 12.9 Å². The number of aldehydes is 1. The van der Waals surface area contributed by atoms with Crippen molar-refractivity contribution in [1.29, 1.82) is 0 Å². The summed E-state index contributed by atoms with van der Waals surface area (Å²) >= 11 is 0. The summed E-state index contributed by atoms with van der Waals surface area (Å²) in [4.78, 5) is 22.0. The Morgan fingerprint density at radius 2 is 2.18 bits per heavy atom. The molecular weight excluding hydrogens is 218 g/mol. The van der Waals surface area contributed by atoms with Crippen LogP contribution >= 0.6 is 0 Å². The third kappa shape index (κ3) is 4.68. The fourth-order valence-electron chi connectivity index (χ4n) is 1.16. The van der Waals surface area contributed by atoms with Crippen molar-refractivity contribution in [2.24, 2.45) is 0 Å². The predicted molar refractivity (Wildman–Crippen MR) is 65.6 cm³/mol. The van der Waals surface area contributed by atoms with Crippen LogP contribution in [0.2, 0.25) is 0 Å². The minimum atomic E-state index is -0.667. The number of alkyl carbamates (subject to hydrolysis) is 1. The van der Waals surface area contributed by atoms with E-state index in [2.05, 4.69) is 11.9 Å². The first-order chi connectivity index (χ1) is 8.12. The molecule has 1 aliphatic carbocycles. The fraction of sp³-hybridized carbons (Fsp3) is 0.385. The van der Waals surface area contributed by atoms with Gasteiger partial charge in [-0.3, -0.25) is 0 Å². The van der Waals surface area contributed by atoms with Gasteiger partial charge in [0.25, 0.3) is 0 Å². The van der Waals surface area contributed by atoms with Crippen LogP contribution in [0.5, 0.6) is 0 Å². The van der Waals surface area contributed by atoms with Gasteiger partial charge in [0, 0.05) is 0 Å². The predicted octanol–water partition coefficient (Wildman–Crippen LogP) is 2.13. The molecule has 0 bridgehead atoms. The van der Waals surface area contributed by atoms with Crippen LogP contribution < -0.4 is 5.32 Å². The van der Waals surface area contributed by atoms with Crippen molar-refractivity contribution in [2.45, 2.75) is 25.3 Å². The van der Waals surface area contributed by atoms with Crippen molar-refractivity contribution in [2.75, 3.05) is 6.61 Å². The third-order valence-electron chi connectivity index (χ3n) is 2.39. The molecule has 0 aliphatic heterocycles. The number of ether oxygens (including phenoxy) is 1. The summed E-state index contributed by atoms with van der Waals surface area (Å²) < 4.78 is 4.93. The molecule has 0 heterocycles. The maximum atomic E-state index is 11.3. The normalized spacial score (nSPS) is 17.0. The lowest BCUT2D eigenvalue weighted by Gasteiger charge is -2.10. The highest BCUT2D eigenvalue weighted by atomic mass is 16.5. The maximum Gasteiger partial charge on any atom is 0.408 e. The summed E-state index contributed by atoms with van der Waals surface area (Å²) in [5, 5.41) is 2.53. The minimum absolute atomic E-state index is 0.120. The number of amides is 1. The van der Waals surface area contributed by atoms with E-state index in [0.29, 0.717) is 18.4 Å². The summed E-state index contributed by atoms with van der Waals surface area (Å²) in [5.74, 6) is 0. The summed E-state index contributed by atoms with van der Waals surface area (Å²) in [6, 6.07) is 0. The van der Waals surface area contributed by atoms with E-state index in [1.165, 1.54) is 0 Å². The SMILES string of the molecule is C=C(/C=C\C=C/C)COC(=O)NC1(C=O)CC1. The van der Waals surface area contributed by atoms with Gasteiger partial charge in [0.15, 0.2) is 0 Å². The van der Waals surface area contributed by atoms with Crippen LogP contribution in [0, 0.1) is 0 Å². The Hall–Kier alpha value is -1.84. The Bertz CT molecular complexity index is 365. The molecule has 92 valence electrons. The number of rotatable bonds is 6. The number of hydrogen-bond acceptors (Lipinski definition) is 3. The minimum Gasteiger partial charge on any atom is -0.445 e. The van der Waals surface area contributed by atoms with Crippen LogP contribution in [0.15, 0.2) is 36.5 Å². The molecule has 0 saturated heterocycles. The third-order valence-corrected chi connectivity index (χ3v) is 2.39. The average molecular weight is 235 g/mol. The van der Waals surface area contributed by atoms with Crippen LogP contribution in [0.4, 0.5) is 4.79 Å². The van der Waals surface area contributed by atoms with E-state index in [0.717, 1.165) is 6.29 Å². The van der Waals surface area contributed by atoms with Crippen molar-refractivity contribution in [3.8, 4) is 0 Å². The Balaban J connectivity index is 2.24. The first-order valence-electron chi connectivity index (χ1n) is 5.50. The lowest BCUT2D eigenvalue weighted by molar-refractivity contribution is -0.110. The molecule has 4 nitrogen and oxygen atoms in total. The fourth-order valence-corrected chi connectivity index (χ4v) is 1.16. The van der Waals surface area contributed by atoms with Crippen LogP contribution in [-0.4, -0.2) is 24.5 Å². The standard InChI is InChI=1S/C13H17NO3/c1-3-4-5-6-11(2)9-17-12(16)14-13(10-15)7-8-13/h3-6,10H,2,7-9H2,1H3,(H,14,16)/b4-3-,6-5-. The first kappa shape index (κ1) is 13.2. The van der Waals surface area contributed by atoms with Crippen LogP contribution in [0.25, 0.3) is 0 Å². The summed E-state index contributed by atoms with van der Waals surface area (Å²) in [6.45, 7) is 5.76. The Labute approximate surface area is 101 Å². The van der Waals surface area contributed by atoms with Crippen LogP contribution in [0.3, 0.4) is 0 Å². The quantitative estimate of drug-likeness (QED) is 0.567. The molecule has 0 aromatic rings. The first-order valence-corrected chi connectivity index (χ1v) is 5.50. The molecule has 0 aromatic heterocycles. The number of allylic oxidation sites excluding steroid dienone is 3. The number of hydrogen-bond donors (Lipinski definition) is 1. The van der Waals surface area contributed by atoms with Gasteiger partial charge in [0.05, 0.1) is 5.54 Å². The summed E-state index contributed by atoms with van der Waals surface area (Å²) in [5.41, 5.74) is 0.0216. The zero-order valence-electron chi connectivity index (χ0n) is 9.94. The zero-order chi connectivity index (χ0) is 12.7. The van der Waals surface area contributed by atoms with E-state index in [4.69, 9.17) is 4.74 Å². The highest BCUT2D eigenvalue weighted by Gasteiger charge is 2.44. The molecule has 0 aromatic carbocycles. The number of carbonyl (C=O) groups excluding carboxylic acids is 2. The summed E-state index contributed by atoms with van der Waals surface area (Å²) in [6.07, 6.45) is 8.89. The largest absolute Gasteiger partial charge is 0.445 e. The molecule has 1 rings (SSSR count). The van der Waals surface area contributed by atoms with Crippen molar-refractivity contribution in [1.82, 2.24) is 5.32 Å². The van der Waals surface area contributed by atoms with Gasteiger partial charge in [0.2, 0.25) is 0 Å². The second kappa shape index (κ2) is 6.03. The number of carbonyl (C=O) groups is 2. The molecule has 0 radical (unpaired) electrons. The lowest BCUT2D eigenvalue weighted by Crippen LogP contribution is -2.38. The molecule has 1 amide bonds. The van der Waals surface area contributed by atoms with E-state index in [1.54, 1.807) is 6.08 Å². The Morgan fingerprint density at radius 1 is 1.47 bits per heavy atom. The van der Waals surface area contributed by atoms with Gasteiger partial charge < -0.3 is 14.8 Å². The monoisotopic (exact) mass is 235 g/mol. The molecule has 0 spiro atoms.